The van der Waals surface area contributed by atoms with Crippen LogP contribution in [0.2, 0.25) is 4.34 Å². The average Bonchev–Trinajstić information content (AvgIpc) is 2.96. The molecule has 0 saturated heterocycles. The Balaban J connectivity index is 1.99. The Morgan fingerprint density at radius 1 is 1.32 bits per heavy atom. The Labute approximate surface area is 126 Å². The molecule has 2 heterocycles. The van der Waals surface area contributed by atoms with Crippen LogP contribution in [0.1, 0.15) is 15.3 Å². The van der Waals surface area contributed by atoms with Crippen LogP contribution in [0.4, 0.5) is 0 Å². The third kappa shape index (κ3) is 4.34. The van der Waals surface area contributed by atoms with Crippen molar-refractivity contribution in [3.63, 3.8) is 0 Å². The highest BCUT2D eigenvalue weighted by atomic mass is 35.5. The van der Waals surface area contributed by atoms with Crippen LogP contribution in [0.25, 0.3) is 0 Å². The molecule has 2 aromatic heterocycles. The Bertz CT molecular complexity index is 594. The Hall–Kier alpha value is -0.830. The van der Waals surface area contributed by atoms with Crippen molar-refractivity contribution in [2.24, 2.45) is 0 Å². The lowest BCUT2D eigenvalue weighted by atomic mass is 10.2. The summed E-state index contributed by atoms with van der Waals surface area (Å²) in [6, 6.07) is 5.99. The third-order valence-electron chi connectivity index (χ3n) is 2.52. The maximum Gasteiger partial charge on any atom is 0.104 e. The van der Waals surface area contributed by atoms with Gasteiger partial charge in [0.15, 0.2) is 0 Å². The lowest BCUT2D eigenvalue weighted by Crippen LogP contribution is -2.16. The van der Waals surface area contributed by atoms with E-state index in [0.717, 1.165) is 23.0 Å². The van der Waals surface area contributed by atoms with Crippen molar-refractivity contribution in [2.75, 3.05) is 13.7 Å². The summed E-state index contributed by atoms with van der Waals surface area (Å²) in [4.78, 5) is 4.72. The molecule has 0 amide bonds. The van der Waals surface area contributed by atoms with Crippen molar-refractivity contribution < 1.29 is 5.11 Å². The van der Waals surface area contributed by atoms with E-state index in [1.165, 1.54) is 9.75 Å². The van der Waals surface area contributed by atoms with Crippen LogP contribution in [0.5, 0.6) is 0 Å². The lowest BCUT2D eigenvalue weighted by Gasteiger charge is -2.14. The fraction of sp³-hybridized carbons (Fsp3) is 0.286. The molecule has 0 unspecified atom stereocenters. The van der Waals surface area contributed by atoms with Gasteiger partial charge in [0.05, 0.1) is 4.34 Å². The summed E-state index contributed by atoms with van der Waals surface area (Å²) in [6.45, 7) is 1.63. The summed E-state index contributed by atoms with van der Waals surface area (Å²) in [5, 5.41) is 10.8. The standard InChI is InChI=1S/C14H14ClNOS2/c1-16(9-12-4-5-14(15)19-12)10-13-11(3-2-7-17)6-8-18-13/h4-6,8,17H,7,9-10H2,1H3. The zero-order valence-corrected chi connectivity index (χ0v) is 12.9. The predicted octanol–water partition coefficient (Wildman–Crippen LogP) is 3.44. The van der Waals surface area contributed by atoms with Gasteiger partial charge in [-0.2, -0.15) is 0 Å². The molecule has 0 spiro atoms. The molecule has 2 aromatic rings. The monoisotopic (exact) mass is 311 g/mol. The first kappa shape index (κ1) is 14.6. The fourth-order valence-electron chi connectivity index (χ4n) is 1.71. The van der Waals surface area contributed by atoms with E-state index in [2.05, 4.69) is 29.9 Å². The van der Waals surface area contributed by atoms with Gasteiger partial charge in [-0.1, -0.05) is 23.4 Å². The molecule has 0 aliphatic heterocycles. The van der Waals surface area contributed by atoms with Gasteiger partial charge in [0.25, 0.3) is 0 Å². The first-order valence-electron chi connectivity index (χ1n) is 5.78. The van der Waals surface area contributed by atoms with Crippen molar-refractivity contribution in [2.45, 2.75) is 13.1 Å². The van der Waals surface area contributed by atoms with Crippen LogP contribution in [0, 0.1) is 11.8 Å². The summed E-state index contributed by atoms with van der Waals surface area (Å²) in [6.07, 6.45) is 0. The molecule has 0 saturated carbocycles. The number of hydrogen-bond acceptors (Lipinski definition) is 4. The molecule has 19 heavy (non-hydrogen) atoms. The smallest absolute Gasteiger partial charge is 0.104 e. The maximum absolute atomic E-state index is 8.74. The van der Waals surface area contributed by atoms with Gasteiger partial charge in [0.2, 0.25) is 0 Å². The highest BCUT2D eigenvalue weighted by Crippen LogP contribution is 2.24. The van der Waals surface area contributed by atoms with Crippen molar-refractivity contribution in [3.8, 4) is 11.8 Å². The maximum atomic E-state index is 8.74. The number of aliphatic hydroxyl groups excluding tert-OH is 1. The summed E-state index contributed by atoms with van der Waals surface area (Å²) in [5.41, 5.74) is 1.01. The summed E-state index contributed by atoms with van der Waals surface area (Å²) in [5.74, 6) is 5.68. The lowest BCUT2D eigenvalue weighted by molar-refractivity contribution is 0.324. The second kappa shape index (κ2) is 7.09. The molecule has 1 N–H and O–H groups in total. The fourth-order valence-corrected chi connectivity index (χ4v) is 3.79. The van der Waals surface area contributed by atoms with Gasteiger partial charge in [0, 0.05) is 28.4 Å². The van der Waals surface area contributed by atoms with Crippen molar-refractivity contribution >= 4 is 34.3 Å². The van der Waals surface area contributed by atoms with Gasteiger partial charge in [-0.3, -0.25) is 4.90 Å². The second-order valence-electron chi connectivity index (χ2n) is 4.10. The zero-order valence-electron chi connectivity index (χ0n) is 10.5. The number of rotatable bonds is 4. The van der Waals surface area contributed by atoms with E-state index >= 15 is 0 Å². The minimum absolute atomic E-state index is 0.0984. The van der Waals surface area contributed by atoms with Gasteiger partial charge in [0.1, 0.15) is 6.61 Å². The molecule has 2 rings (SSSR count). The topological polar surface area (TPSA) is 23.5 Å². The van der Waals surface area contributed by atoms with E-state index in [0.29, 0.717) is 0 Å². The van der Waals surface area contributed by atoms with Crippen molar-refractivity contribution in [1.29, 1.82) is 0 Å². The number of halogens is 1. The summed E-state index contributed by atoms with van der Waals surface area (Å²) in [7, 11) is 2.08. The molecular formula is C14H14ClNOS2. The zero-order chi connectivity index (χ0) is 13.7. The molecule has 0 bridgehead atoms. The number of thiophene rings is 2. The normalized spacial score (nSPS) is 10.5. The highest BCUT2D eigenvalue weighted by Gasteiger charge is 2.08. The van der Waals surface area contributed by atoms with E-state index < -0.39 is 0 Å². The van der Waals surface area contributed by atoms with E-state index in [4.69, 9.17) is 16.7 Å². The molecule has 5 heteroatoms. The summed E-state index contributed by atoms with van der Waals surface area (Å²) < 4.78 is 0.828. The molecular weight excluding hydrogens is 298 g/mol. The third-order valence-corrected chi connectivity index (χ3v) is 4.64. The SMILES string of the molecule is CN(Cc1ccc(Cl)s1)Cc1sccc1C#CCO. The second-order valence-corrected chi connectivity index (χ2v) is 6.90. The molecule has 0 aromatic carbocycles. The van der Waals surface area contributed by atoms with Gasteiger partial charge >= 0.3 is 0 Å². The van der Waals surface area contributed by atoms with Crippen LogP contribution < -0.4 is 0 Å². The minimum Gasteiger partial charge on any atom is -0.384 e. The molecule has 0 fully saturated rings. The quantitative estimate of drug-likeness (QED) is 0.874. The largest absolute Gasteiger partial charge is 0.384 e. The van der Waals surface area contributed by atoms with E-state index in [-0.39, 0.29) is 6.61 Å². The van der Waals surface area contributed by atoms with Crippen molar-refractivity contribution in [3.05, 3.63) is 43.2 Å². The van der Waals surface area contributed by atoms with E-state index in [1.807, 2.05) is 17.5 Å². The Morgan fingerprint density at radius 2 is 2.16 bits per heavy atom. The molecule has 0 aliphatic rings. The molecule has 100 valence electrons. The molecule has 0 atom stereocenters. The Kier molecular flexibility index (Phi) is 5.44. The van der Waals surface area contributed by atoms with E-state index in [1.54, 1.807) is 22.7 Å². The van der Waals surface area contributed by atoms with Gasteiger partial charge < -0.3 is 5.11 Å². The molecule has 0 radical (unpaired) electrons. The van der Waals surface area contributed by atoms with Gasteiger partial charge in [-0.15, -0.1) is 22.7 Å². The van der Waals surface area contributed by atoms with Crippen LogP contribution in [-0.2, 0) is 13.1 Å². The Morgan fingerprint density at radius 3 is 2.84 bits per heavy atom. The van der Waals surface area contributed by atoms with E-state index in [9.17, 15) is 0 Å². The minimum atomic E-state index is -0.0984. The van der Waals surface area contributed by atoms with Crippen LogP contribution >= 0.6 is 34.3 Å². The first-order chi connectivity index (χ1) is 9.19. The van der Waals surface area contributed by atoms with Gasteiger partial charge in [-0.25, -0.2) is 0 Å². The van der Waals surface area contributed by atoms with Crippen LogP contribution in [0.3, 0.4) is 0 Å². The number of aliphatic hydroxyl groups is 1. The highest BCUT2D eigenvalue weighted by molar-refractivity contribution is 7.16. The number of hydrogen-bond donors (Lipinski definition) is 1. The number of nitrogens with zero attached hydrogens (tertiary/aromatic N) is 1. The summed E-state index contributed by atoms with van der Waals surface area (Å²) >= 11 is 9.24. The van der Waals surface area contributed by atoms with Gasteiger partial charge in [-0.05, 0) is 30.6 Å². The van der Waals surface area contributed by atoms with Crippen molar-refractivity contribution in [1.82, 2.24) is 4.90 Å². The van der Waals surface area contributed by atoms with Crippen LogP contribution in [0.15, 0.2) is 23.6 Å². The molecule has 0 aliphatic carbocycles. The average molecular weight is 312 g/mol. The molecule has 2 nitrogen and oxygen atoms in total. The van der Waals surface area contributed by atoms with Crippen LogP contribution in [-0.4, -0.2) is 23.7 Å². The predicted molar refractivity (Wildman–Crippen MR) is 82.8 cm³/mol. The first-order valence-corrected chi connectivity index (χ1v) is 7.85.